The smallest absolute Gasteiger partial charge is 0.263 e. The number of fused-ring (bicyclic) bond motifs is 1. The molecule has 0 aromatic carbocycles. The van der Waals surface area contributed by atoms with E-state index in [9.17, 15) is 9.59 Å². The maximum absolute atomic E-state index is 13.4. The van der Waals surface area contributed by atoms with Gasteiger partial charge in [0.1, 0.15) is 11.5 Å². The van der Waals surface area contributed by atoms with E-state index in [1.54, 1.807) is 23.9 Å². The minimum Gasteiger partial charge on any atom is -0.360 e. The van der Waals surface area contributed by atoms with E-state index in [0.717, 1.165) is 68.6 Å². The van der Waals surface area contributed by atoms with Gasteiger partial charge in [0.05, 0.1) is 11.3 Å². The topological polar surface area (TPSA) is 128 Å². The number of hydrogen-bond donors (Lipinski definition) is 4. The molecule has 5 rings (SSSR count). The molecule has 2 aliphatic heterocycles. The Bertz CT molecular complexity index is 1360. The molecule has 2 fully saturated rings. The van der Waals surface area contributed by atoms with Gasteiger partial charge in [-0.05, 0) is 44.4 Å². The summed E-state index contributed by atoms with van der Waals surface area (Å²) in [6.45, 7) is 6.66. The largest absolute Gasteiger partial charge is 0.360 e. The Balaban J connectivity index is 1.40. The number of nitrogens with zero attached hydrogens (tertiary/aromatic N) is 4. The highest BCUT2D eigenvalue weighted by atomic mass is 16.1. The number of aromatic nitrogens is 3. The van der Waals surface area contributed by atoms with Gasteiger partial charge in [-0.2, -0.15) is 4.98 Å². The fraction of sp³-hybridized carbons (Fsp3) is 0.423. The van der Waals surface area contributed by atoms with E-state index in [-0.39, 0.29) is 22.9 Å². The van der Waals surface area contributed by atoms with Gasteiger partial charge in [0.25, 0.3) is 5.56 Å². The van der Waals surface area contributed by atoms with E-state index in [1.807, 2.05) is 23.1 Å². The number of nitrogens with one attached hydrogen (secondary N) is 4. The number of Topliss-reactive ketones (excluding diaryl/α,β-unsaturated/α-hetero) is 1. The molecule has 1 saturated carbocycles. The normalized spacial score (nSPS) is 19.4. The van der Waals surface area contributed by atoms with Gasteiger partial charge in [0, 0.05) is 61.8 Å². The Labute approximate surface area is 209 Å². The number of allylic oxidation sites excluding steroid dienone is 2. The number of anilines is 1. The summed E-state index contributed by atoms with van der Waals surface area (Å²) < 4.78 is 1.71. The van der Waals surface area contributed by atoms with Crippen LogP contribution < -0.4 is 21.5 Å². The van der Waals surface area contributed by atoms with Crippen molar-refractivity contribution in [1.29, 1.82) is 5.41 Å². The zero-order valence-electron chi connectivity index (χ0n) is 20.7. The molecular weight excluding hydrogens is 456 g/mol. The summed E-state index contributed by atoms with van der Waals surface area (Å²) in [5.41, 5.74) is 2.74. The molecular formula is C26H32N8O2. The first-order chi connectivity index (χ1) is 17.4. The van der Waals surface area contributed by atoms with Crippen molar-refractivity contribution in [3.63, 3.8) is 0 Å². The summed E-state index contributed by atoms with van der Waals surface area (Å²) in [4.78, 5) is 36.9. The standard InChI is InChI=1S/C26H32N8O2/c1-16-21-15-30-26(32-24(21)34(20-5-3-4-6-20)25(36)23(16)17(2)35)31-19-8-7-18(29-14-19)13-22(27)33-11-9-28-10-12-33/h7-8,13-15,20,27-29H,3-6,9-12H2,1-2H3,(H,30,31,32)/b18-13-,27-22?. The number of piperazine rings is 1. The first-order valence-corrected chi connectivity index (χ1v) is 12.5. The summed E-state index contributed by atoms with van der Waals surface area (Å²) in [7, 11) is 0. The van der Waals surface area contributed by atoms with Crippen LogP contribution in [0.4, 0.5) is 5.95 Å². The molecule has 1 aliphatic carbocycles. The van der Waals surface area contributed by atoms with Crippen LogP contribution in [0.2, 0.25) is 0 Å². The van der Waals surface area contributed by atoms with Crippen LogP contribution in [0.25, 0.3) is 11.0 Å². The van der Waals surface area contributed by atoms with Crippen LogP contribution >= 0.6 is 0 Å². The molecule has 0 unspecified atom stereocenters. The summed E-state index contributed by atoms with van der Waals surface area (Å²) >= 11 is 0. The SMILES string of the molecule is CC(=O)c1c(C)c2cnc(NC3=CN/C(=C\C(=N)N4CCNCC4)C=C3)nc2n(C2CCCC2)c1=O. The molecule has 4 N–H and O–H groups in total. The summed E-state index contributed by atoms with van der Waals surface area (Å²) in [6, 6.07) is 0.0376. The second-order valence-electron chi connectivity index (χ2n) is 9.52. The number of rotatable bonds is 5. The first-order valence-electron chi connectivity index (χ1n) is 12.5. The Morgan fingerprint density at radius 2 is 1.97 bits per heavy atom. The number of ketones is 1. The van der Waals surface area contributed by atoms with Crippen LogP contribution in [-0.4, -0.2) is 57.2 Å². The van der Waals surface area contributed by atoms with Crippen molar-refractivity contribution in [1.82, 2.24) is 30.1 Å². The van der Waals surface area contributed by atoms with Crippen LogP contribution in [0.15, 0.2) is 46.8 Å². The fourth-order valence-corrected chi connectivity index (χ4v) is 5.19. The summed E-state index contributed by atoms with van der Waals surface area (Å²) in [6.07, 6.45) is 13.0. The third-order valence-corrected chi connectivity index (χ3v) is 7.09. The molecule has 2 aromatic rings. The van der Waals surface area contributed by atoms with Crippen molar-refractivity contribution >= 4 is 28.6 Å². The second kappa shape index (κ2) is 10.1. The molecule has 10 heteroatoms. The lowest BCUT2D eigenvalue weighted by Gasteiger charge is -2.28. The number of dihydropyridines is 1. The average Bonchev–Trinajstić information content (AvgIpc) is 3.40. The van der Waals surface area contributed by atoms with E-state index in [1.165, 1.54) is 6.92 Å². The third kappa shape index (κ3) is 4.68. The number of pyridine rings is 1. The second-order valence-corrected chi connectivity index (χ2v) is 9.52. The zero-order chi connectivity index (χ0) is 25.2. The quantitative estimate of drug-likeness (QED) is 0.287. The Morgan fingerprint density at radius 3 is 2.64 bits per heavy atom. The Kier molecular flexibility index (Phi) is 6.69. The summed E-state index contributed by atoms with van der Waals surface area (Å²) in [5.74, 6) is 0.629. The number of carbonyl (C=O) groups is 1. The van der Waals surface area contributed by atoms with Crippen molar-refractivity contribution < 1.29 is 4.79 Å². The van der Waals surface area contributed by atoms with Crippen molar-refractivity contribution in [2.24, 2.45) is 0 Å². The van der Waals surface area contributed by atoms with E-state index in [4.69, 9.17) is 10.4 Å². The fourth-order valence-electron chi connectivity index (χ4n) is 5.19. The number of carbonyl (C=O) groups excluding carboxylic acids is 1. The molecule has 188 valence electrons. The Morgan fingerprint density at radius 1 is 1.22 bits per heavy atom. The van der Waals surface area contributed by atoms with Gasteiger partial charge in [-0.3, -0.25) is 19.6 Å². The molecule has 0 radical (unpaired) electrons. The highest BCUT2D eigenvalue weighted by Gasteiger charge is 2.26. The van der Waals surface area contributed by atoms with Crippen molar-refractivity contribution in [2.75, 3.05) is 31.5 Å². The van der Waals surface area contributed by atoms with Crippen LogP contribution in [0.3, 0.4) is 0 Å². The van der Waals surface area contributed by atoms with E-state index in [2.05, 4.69) is 20.9 Å². The Hall–Kier alpha value is -3.79. The maximum Gasteiger partial charge on any atom is 0.263 e. The summed E-state index contributed by atoms with van der Waals surface area (Å²) in [5, 5.41) is 18.8. The lowest BCUT2D eigenvalue weighted by Crippen LogP contribution is -2.45. The molecule has 0 atom stereocenters. The van der Waals surface area contributed by atoms with Gasteiger partial charge < -0.3 is 20.9 Å². The van der Waals surface area contributed by atoms with Crippen molar-refractivity contribution in [2.45, 2.75) is 45.6 Å². The molecule has 2 aromatic heterocycles. The van der Waals surface area contributed by atoms with Crippen molar-refractivity contribution in [3.05, 3.63) is 63.5 Å². The minimum atomic E-state index is -0.260. The monoisotopic (exact) mass is 488 g/mol. The lowest BCUT2D eigenvalue weighted by atomic mass is 10.0. The molecule has 1 saturated heterocycles. The van der Waals surface area contributed by atoms with Gasteiger partial charge in [-0.1, -0.05) is 12.8 Å². The highest BCUT2D eigenvalue weighted by Crippen LogP contribution is 2.32. The molecule has 36 heavy (non-hydrogen) atoms. The van der Waals surface area contributed by atoms with Gasteiger partial charge in [-0.25, -0.2) is 4.98 Å². The minimum absolute atomic E-state index is 0.0376. The zero-order valence-corrected chi connectivity index (χ0v) is 20.7. The van der Waals surface area contributed by atoms with Gasteiger partial charge in [0.2, 0.25) is 5.95 Å². The van der Waals surface area contributed by atoms with E-state index >= 15 is 0 Å². The molecule has 0 amide bonds. The van der Waals surface area contributed by atoms with Crippen LogP contribution in [0.1, 0.15) is 54.6 Å². The molecule has 3 aliphatic rings. The van der Waals surface area contributed by atoms with Crippen LogP contribution in [0.5, 0.6) is 0 Å². The van der Waals surface area contributed by atoms with Crippen LogP contribution in [0, 0.1) is 12.3 Å². The molecule has 4 heterocycles. The van der Waals surface area contributed by atoms with Gasteiger partial charge in [0.15, 0.2) is 5.78 Å². The highest BCUT2D eigenvalue weighted by molar-refractivity contribution is 5.99. The molecule has 0 spiro atoms. The third-order valence-electron chi connectivity index (χ3n) is 7.09. The number of hydrogen-bond acceptors (Lipinski definition) is 8. The first kappa shape index (κ1) is 23.9. The molecule has 0 bridgehead atoms. The predicted molar refractivity (Wildman–Crippen MR) is 140 cm³/mol. The van der Waals surface area contributed by atoms with Crippen molar-refractivity contribution in [3.8, 4) is 0 Å². The lowest BCUT2D eigenvalue weighted by molar-refractivity contribution is 0.101. The van der Waals surface area contributed by atoms with Crippen LogP contribution in [-0.2, 0) is 0 Å². The average molecular weight is 489 g/mol. The van der Waals surface area contributed by atoms with Gasteiger partial charge >= 0.3 is 0 Å². The number of amidine groups is 1. The van der Waals surface area contributed by atoms with E-state index in [0.29, 0.717) is 23.0 Å². The van der Waals surface area contributed by atoms with Gasteiger partial charge in [-0.15, -0.1) is 0 Å². The molecule has 10 nitrogen and oxygen atoms in total. The maximum atomic E-state index is 13.4. The number of aryl methyl sites for hydroxylation is 1. The predicted octanol–water partition coefficient (Wildman–Crippen LogP) is 2.60. The van der Waals surface area contributed by atoms with E-state index < -0.39 is 0 Å².